The number of likely N-dealkylation sites (tertiary alicyclic amines) is 1. The smallest absolute Gasteiger partial charge is 0.217 e. The average Bonchev–Trinajstić information content (AvgIpc) is 3.12. The molecule has 2 aromatic rings. The van der Waals surface area contributed by atoms with Gasteiger partial charge in [0.1, 0.15) is 22.7 Å². The first kappa shape index (κ1) is 19.4. The first-order chi connectivity index (χ1) is 13.4. The molecule has 0 N–H and O–H groups in total. The lowest BCUT2D eigenvalue weighted by Crippen LogP contribution is -2.40. The summed E-state index contributed by atoms with van der Waals surface area (Å²) in [6.45, 7) is 8.02. The normalized spacial score (nSPS) is 18.6. The maximum absolute atomic E-state index is 14.5. The van der Waals surface area contributed by atoms with Crippen LogP contribution in [0.4, 0.5) is 4.39 Å². The van der Waals surface area contributed by atoms with Gasteiger partial charge in [0.05, 0.1) is 24.0 Å². The highest BCUT2D eigenvalue weighted by Gasteiger charge is 2.29. The van der Waals surface area contributed by atoms with Crippen molar-refractivity contribution in [3.63, 3.8) is 0 Å². The molecule has 150 valence electrons. The molecule has 0 spiro atoms. The van der Waals surface area contributed by atoms with Crippen molar-refractivity contribution in [2.45, 2.75) is 52.2 Å². The SMILES string of the molecule is Cc1cc(OC2CCN(C(C)c3nc4c(cc3F)CCO4)CC2)c(Cl)c(C)n1. The summed E-state index contributed by atoms with van der Waals surface area (Å²) in [6, 6.07) is 3.35. The zero-order valence-electron chi connectivity index (χ0n) is 16.5. The molecule has 1 saturated heterocycles. The topological polar surface area (TPSA) is 47.5 Å². The molecule has 1 unspecified atom stereocenters. The van der Waals surface area contributed by atoms with Gasteiger partial charge in [0.25, 0.3) is 0 Å². The first-order valence-electron chi connectivity index (χ1n) is 9.79. The van der Waals surface area contributed by atoms with E-state index in [2.05, 4.69) is 14.9 Å². The van der Waals surface area contributed by atoms with Gasteiger partial charge in [-0.1, -0.05) is 11.6 Å². The van der Waals surface area contributed by atoms with Crippen LogP contribution in [0.15, 0.2) is 12.1 Å². The van der Waals surface area contributed by atoms with E-state index in [0.717, 1.165) is 49.3 Å². The largest absolute Gasteiger partial charge is 0.489 e. The summed E-state index contributed by atoms with van der Waals surface area (Å²) >= 11 is 6.35. The lowest BCUT2D eigenvalue weighted by atomic mass is 10.0. The van der Waals surface area contributed by atoms with Gasteiger partial charge in [0.2, 0.25) is 5.88 Å². The number of rotatable bonds is 4. The number of pyridine rings is 2. The predicted molar refractivity (Wildman–Crippen MR) is 106 cm³/mol. The number of aromatic nitrogens is 2. The van der Waals surface area contributed by atoms with E-state index in [1.165, 1.54) is 0 Å². The summed E-state index contributed by atoms with van der Waals surface area (Å²) in [6.07, 6.45) is 2.52. The van der Waals surface area contributed by atoms with Gasteiger partial charge < -0.3 is 9.47 Å². The molecule has 5 nitrogen and oxygen atoms in total. The molecule has 2 aliphatic rings. The number of aryl methyl sites for hydroxylation is 2. The van der Waals surface area contributed by atoms with E-state index in [-0.39, 0.29) is 18.0 Å². The Morgan fingerprint density at radius 1 is 1.25 bits per heavy atom. The summed E-state index contributed by atoms with van der Waals surface area (Å²) in [4.78, 5) is 11.1. The standard InChI is InChI=1S/C21H25ClFN3O2/c1-12-10-18(19(22)13(2)24-12)28-16-4-7-26(8-5-16)14(3)20-17(23)11-15-6-9-27-21(15)25-20/h10-11,14,16H,4-9H2,1-3H3. The third-order valence-electron chi connectivity index (χ3n) is 5.58. The molecule has 4 heterocycles. The first-order valence-corrected chi connectivity index (χ1v) is 10.2. The van der Waals surface area contributed by atoms with Gasteiger partial charge in [-0.3, -0.25) is 9.88 Å². The van der Waals surface area contributed by atoms with Gasteiger partial charge in [0.15, 0.2) is 0 Å². The Morgan fingerprint density at radius 2 is 2.00 bits per heavy atom. The van der Waals surface area contributed by atoms with Crippen LogP contribution in [0.5, 0.6) is 11.6 Å². The quantitative estimate of drug-likeness (QED) is 0.753. The number of fused-ring (bicyclic) bond motifs is 1. The minimum atomic E-state index is -0.246. The van der Waals surface area contributed by atoms with E-state index in [4.69, 9.17) is 21.1 Å². The van der Waals surface area contributed by atoms with Crippen molar-refractivity contribution in [2.75, 3.05) is 19.7 Å². The molecular formula is C21H25ClFN3O2. The lowest BCUT2D eigenvalue weighted by Gasteiger charge is -2.36. The van der Waals surface area contributed by atoms with Gasteiger partial charge in [0, 0.05) is 36.8 Å². The Bertz CT molecular complexity index is 884. The van der Waals surface area contributed by atoms with Crippen LogP contribution >= 0.6 is 11.6 Å². The van der Waals surface area contributed by atoms with Crippen molar-refractivity contribution in [1.29, 1.82) is 0 Å². The summed E-state index contributed by atoms with van der Waals surface area (Å²) in [5, 5.41) is 0.575. The fourth-order valence-corrected chi connectivity index (χ4v) is 4.12. The second kappa shape index (κ2) is 7.84. The summed E-state index contributed by atoms with van der Waals surface area (Å²) in [5.41, 5.74) is 3.00. The van der Waals surface area contributed by atoms with Gasteiger partial charge in [-0.25, -0.2) is 9.37 Å². The van der Waals surface area contributed by atoms with E-state index < -0.39 is 0 Å². The van der Waals surface area contributed by atoms with Crippen LogP contribution in [0.25, 0.3) is 0 Å². The number of ether oxygens (including phenoxy) is 2. The third kappa shape index (κ3) is 3.80. The number of hydrogen-bond donors (Lipinski definition) is 0. The minimum Gasteiger partial charge on any atom is -0.489 e. The van der Waals surface area contributed by atoms with Crippen molar-refractivity contribution >= 4 is 11.6 Å². The lowest BCUT2D eigenvalue weighted by molar-refractivity contribution is 0.0774. The number of halogens is 2. The summed E-state index contributed by atoms with van der Waals surface area (Å²) in [5.74, 6) is 1.03. The van der Waals surface area contributed by atoms with Crippen molar-refractivity contribution in [3.05, 3.63) is 45.6 Å². The zero-order valence-corrected chi connectivity index (χ0v) is 17.2. The fraction of sp³-hybridized carbons (Fsp3) is 0.524. The van der Waals surface area contributed by atoms with E-state index >= 15 is 0 Å². The number of nitrogens with zero attached hydrogens (tertiary/aromatic N) is 3. The van der Waals surface area contributed by atoms with Crippen LogP contribution in [0.2, 0.25) is 5.02 Å². The van der Waals surface area contributed by atoms with Crippen molar-refractivity contribution in [2.24, 2.45) is 0 Å². The van der Waals surface area contributed by atoms with E-state index in [0.29, 0.717) is 29.0 Å². The second-order valence-electron chi connectivity index (χ2n) is 7.61. The molecule has 4 rings (SSSR count). The molecule has 2 aromatic heterocycles. The number of hydrogen-bond acceptors (Lipinski definition) is 5. The zero-order chi connectivity index (χ0) is 19.8. The van der Waals surface area contributed by atoms with Crippen LogP contribution in [0.1, 0.15) is 48.5 Å². The molecule has 2 aliphatic heterocycles. The molecular weight excluding hydrogens is 381 g/mol. The molecule has 1 atom stereocenters. The van der Waals surface area contributed by atoms with Gasteiger partial charge >= 0.3 is 0 Å². The van der Waals surface area contributed by atoms with Crippen molar-refractivity contribution in [3.8, 4) is 11.6 Å². The van der Waals surface area contributed by atoms with Crippen LogP contribution in [0, 0.1) is 19.7 Å². The van der Waals surface area contributed by atoms with Crippen molar-refractivity contribution in [1.82, 2.24) is 14.9 Å². The van der Waals surface area contributed by atoms with Crippen LogP contribution in [0.3, 0.4) is 0 Å². The minimum absolute atomic E-state index is 0.0864. The molecule has 0 bridgehead atoms. The summed E-state index contributed by atoms with van der Waals surface area (Å²) in [7, 11) is 0. The molecule has 0 amide bonds. The van der Waals surface area contributed by atoms with E-state index in [1.807, 2.05) is 26.8 Å². The highest BCUT2D eigenvalue weighted by Crippen LogP contribution is 2.33. The van der Waals surface area contributed by atoms with Gasteiger partial charge in [-0.2, -0.15) is 0 Å². The Balaban J connectivity index is 1.41. The van der Waals surface area contributed by atoms with E-state index in [1.54, 1.807) is 6.07 Å². The monoisotopic (exact) mass is 405 g/mol. The Hall–Kier alpha value is -1.92. The second-order valence-corrected chi connectivity index (χ2v) is 7.99. The maximum atomic E-state index is 14.5. The van der Waals surface area contributed by atoms with Gasteiger partial charge in [-0.15, -0.1) is 0 Å². The van der Waals surface area contributed by atoms with Gasteiger partial charge in [-0.05, 0) is 39.7 Å². The number of piperidine rings is 1. The maximum Gasteiger partial charge on any atom is 0.217 e. The summed E-state index contributed by atoms with van der Waals surface area (Å²) < 4.78 is 26.2. The molecule has 0 radical (unpaired) electrons. The molecule has 0 aliphatic carbocycles. The van der Waals surface area contributed by atoms with Crippen LogP contribution in [-0.4, -0.2) is 40.7 Å². The molecule has 7 heteroatoms. The molecule has 28 heavy (non-hydrogen) atoms. The van der Waals surface area contributed by atoms with E-state index in [9.17, 15) is 4.39 Å². The Labute approximate surface area is 169 Å². The molecule has 0 saturated carbocycles. The van der Waals surface area contributed by atoms with Crippen LogP contribution in [-0.2, 0) is 6.42 Å². The fourth-order valence-electron chi connectivity index (χ4n) is 3.97. The highest BCUT2D eigenvalue weighted by atomic mass is 35.5. The molecule has 0 aromatic carbocycles. The van der Waals surface area contributed by atoms with Crippen LogP contribution < -0.4 is 9.47 Å². The van der Waals surface area contributed by atoms with Crippen molar-refractivity contribution < 1.29 is 13.9 Å². The third-order valence-corrected chi connectivity index (χ3v) is 6.04. The Morgan fingerprint density at radius 3 is 2.75 bits per heavy atom. The predicted octanol–water partition coefficient (Wildman–Crippen LogP) is 4.43. The highest BCUT2D eigenvalue weighted by molar-refractivity contribution is 6.32. The Kier molecular flexibility index (Phi) is 5.43. The average molecular weight is 406 g/mol. The molecule has 1 fully saturated rings.